The third-order valence-corrected chi connectivity index (χ3v) is 5.21. The fourth-order valence-electron chi connectivity index (χ4n) is 3.36. The summed E-state index contributed by atoms with van der Waals surface area (Å²) in [5, 5.41) is 4.78. The molecule has 2 aliphatic rings. The van der Waals surface area contributed by atoms with Gasteiger partial charge in [-0.1, -0.05) is 0 Å². The molecule has 2 atom stereocenters. The first-order valence-corrected chi connectivity index (χ1v) is 8.47. The molecule has 8 heteroatoms. The normalized spacial score (nSPS) is 26.3. The van der Waals surface area contributed by atoms with Crippen molar-refractivity contribution in [3.05, 3.63) is 35.0 Å². The molecular formula is C15H17N5O2S. The smallest absolute Gasteiger partial charge is 0.270 e. The van der Waals surface area contributed by atoms with Crippen LogP contribution in [0.5, 0.6) is 0 Å². The summed E-state index contributed by atoms with van der Waals surface area (Å²) in [6.45, 7) is 3.60. The Morgan fingerprint density at radius 1 is 1.43 bits per heavy atom. The van der Waals surface area contributed by atoms with E-state index >= 15 is 0 Å². The van der Waals surface area contributed by atoms with Crippen molar-refractivity contribution < 1.29 is 9.53 Å². The minimum absolute atomic E-state index is 0.0785. The molecule has 0 aromatic carbocycles. The molecule has 0 saturated carbocycles. The maximum atomic E-state index is 12.2. The van der Waals surface area contributed by atoms with Crippen molar-refractivity contribution in [3.8, 4) is 0 Å². The van der Waals surface area contributed by atoms with Crippen LogP contribution in [-0.4, -0.2) is 53.7 Å². The van der Waals surface area contributed by atoms with E-state index < -0.39 is 0 Å². The first-order chi connectivity index (χ1) is 11.3. The Morgan fingerprint density at radius 2 is 2.30 bits per heavy atom. The largest absolute Gasteiger partial charge is 0.380 e. The van der Waals surface area contributed by atoms with E-state index in [2.05, 4.69) is 25.2 Å². The number of anilines is 1. The van der Waals surface area contributed by atoms with Crippen molar-refractivity contribution in [2.24, 2.45) is 11.3 Å². The Bertz CT molecular complexity index is 680. The van der Waals surface area contributed by atoms with Crippen molar-refractivity contribution in [2.45, 2.75) is 0 Å². The summed E-state index contributed by atoms with van der Waals surface area (Å²) in [7, 11) is 0. The molecule has 4 heterocycles. The summed E-state index contributed by atoms with van der Waals surface area (Å²) in [4.78, 5) is 27.1. The van der Waals surface area contributed by atoms with Crippen LogP contribution in [0.25, 0.3) is 0 Å². The molecule has 2 aliphatic heterocycles. The van der Waals surface area contributed by atoms with Crippen LogP contribution < -0.4 is 10.2 Å². The molecule has 1 N–H and O–H groups in total. The molecule has 7 nitrogen and oxygen atoms in total. The molecule has 0 bridgehead atoms. The van der Waals surface area contributed by atoms with Crippen molar-refractivity contribution in [1.29, 1.82) is 0 Å². The molecule has 2 aromatic rings. The molecule has 120 valence electrons. The predicted molar refractivity (Wildman–Crippen MR) is 85.4 cm³/mol. The van der Waals surface area contributed by atoms with E-state index in [4.69, 9.17) is 4.74 Å². The van der Waals surface area contributed by atoms with Crippen LogP contribution in [0.15, 0.2) is 29.4 Å². The average molecular weight is 331 g/mol. The van der Waals surface area contributed by atoms with Gasteiger partial charge in [-0.15, -0.1) is 11.3 Å². The average Bonchev–Trinajstić information content (AvgIpc) is 3.29. The SMILES string of the molecule is O=C(NC[C@@]12COC[C@@H]1CN(c1ncccn1)C2)c1cscn1. The third-order valence-electron chi connectivity index (χ3n) is 4.62. The number of carbonyl (C=O) groups is 1. The molecule has 2 aromatic heterocycles. The maximum absolute atomic E-state index is 12.2. The number of hydrogen-bond donors (Lipinski definition) is 1. The van der Waals surface area contributed by atoms with Gasteiger partial charge < -0.3 is 15.0 Å². The molecule has 0 radical (unpaired) electrons. The molecule has 2 fully saturated rings. The number of nitrogens with one attached hydrogen (secondary N) is 1. The van der Waals surface area contributed by atoms with Gasteiger partial charge in [-0.25, -0.2) is 15.0 Å². The second-order valence-corrected chi connectivity index (χ2v) is 6.78. The number of thiazole rings is 1. The van der Waals surface area contributed by atoms with Crippen LogP contribution in [0.1, 0.15) is 10.5 Å². The summed E-state index contributed by atoms with van der Waals surface area (Å²) >= 11 is 1.42. The molecule has 0 aliphatic carbocycles. The highest BCUT2D eigenvalue weighted by Gasteiger charge is 2.51. The Balaban J connectivity index is 1.46. The van der Waals surface area contributed by atoms with Crippen molar-refractivity contribution >= 4 is 23.2 Å². The van der Waals surface area contributed by atoms with Gasteiger partial charge in [0.1, 0.15) is 5.69 Å². The van der Waals surface area contributed by atoms with E-state index in [-0.39, 0.29) is 11.3 Å². The van der Waals surface area contributed by atoms with Crippen LogP contribution in [0.2, 0.25) is 0 Å². The lowest BCUT2D eigenvalue weighted by Crippen LogP contribution is -2.43. The summed E-state index contributed by atoms with van der Waals surface area (Å²) in [6.07, 6.45) is 3.51. The minimum Gasteiger partial charge on any atom is -0.380 e. The number of carbonyl (C=O) groups excluding carboxylic acids is 1. The van der Waals surface area contributed by atoms with Gasteiger partial charge in [-0.05, 0) is 6.07 Å². The Hall–Kier alpha value is -2.06. The minimum atomic E-state index is -0.124. The number of ether oxygens (including phenoxy) is 1. The van der Waals surface area contributed by atoms with Gasteiger partial charge in [0, 0.05) is 48.7 Å². The summed E-state index contributed by atoms with van der Waals surface area (Å²) in [5.74, 6) is 0.995. The van der Waals surface area contributed by atoms with Crippen molar-refractivity contribution in [1.82, 2.24) is 20.3 Å². The lowest BCUT2D eigenvalue weighted by Gasteiger charge is -2.27. The molecule has 1 amide bonds. The lowest BCUT2D eigenvalue weighted by atomic mass is 9.81. The van der Waals surface area contributed by atoms with Gasteiger partial charge in [0.2, 0.25) is 5.95 Å². The first-order valence-electron chi connectivity index (χ1n) is 7.53. The number of hydrogen-bond acceptors (Lipinski definition) is 7. The standard InChI is InChI=1S/C15H17N5O2S/c21-13(12-6-23-10-19-12)18-7-15-8-20(4-11(15)5-22-9-15)14-16-2-1-3-17-14/h1-3,6,10-11H,4-5,7-9H2,(H,18,21)/t11-,15+/m0/s1. The molecule has 23 heavy (non-hydrogen) atoms. The van der Waals surface area contributed by atoms with Gasteiger partial charge >= 0.3 is 0 Å². The number of aromatic nitrogens is 3. The van der Waals surface area contributed by atoms with Crippen LogP contribution >= 0.6 is 11.3 Å². The second kappa shape index (κ2) is 5.86. The van der Waals surface area contributed by atoms with Gasteiger partial charge in [0.25, 0.3) is 5.91 Å². The van der Waals surface area contributed by atoms with E-state index in [1.165, 1.54) is 11.3 Å². The third kappa shape index (κ3) is 2.68. The topological polar surface area (TPSA) is 80.2 Å². The fourth-order valence-corrected chi connectivity index (χ4v) is 3.89. The summed E-state index contributed by atoms with van der Waals surface area (Å²) < 4.78 is 5.69. The highest BCUT2D eigenvalue weighted by Crippen LogP contribution is 2.41. The monoisotopic (exact) mass is 331 g/mol. The van der Waals surface area contributed by atoms with Crippen LogP contribution in [0.4, 0.5) is 5.95 Å². The van der Waals surface area contributed by atoms with Gasteiger partial charge in [0.05, 0.1) is 18.7 Å². The molecule has 0 unspecified atom stereocenters. The van der Waals surface area contributed by atoms with Crippen molar-refractivity contribution in [3.63, 3.8) is 0 Å². The Labute approximate surface area is 137 Å². The highest BCUT2D eigenvalue weighted by molar-refractivity contribution is 7.07. The maximum Gasteiger partial charge on any atom is 0.270 e. The van der Waals surface area contributed by atoms with E-state index in [9.17, 15) is 4.79 Å². The number of rotatable bonds is 4. The Kier molecular flexibility index (Phi) is 3.70. The van der Waals surface area contributed by atoms with E-state index in [1.54, 1.807) is 23.3 Å². The zero-order valence-electron chi connectivity index (χ0n) is 12.5. The molecule has 2 saturated heterocycles. The molecule has 4 rings (SSSR count). The molecular weight excluding hydrogens is 314 g/mol. The van der Waals surface area contributed by atoms with Crippen molar-refractivity contribution in [2.75, 3.05) is 37.7 Å². The van der Waals surface area contributed by atoms with E-state index in [0.717, 1.165) is 25.6 Å². The molecule has 0 spiro atoms. The highest BCUT2D eigenvalue weighted by atomic mass is 32.1. The van der Waals surface area contributed by atoms with E-state index in [0.29, 0.717) is 24.8 Å². The summed E-state index contributed by atoms with van der Waals surface area (Å²) in [5.41, 5.74) is 2.06. The predicted octanol–water partition coefficient (Wildman–Crippen LogP) is 0.816. The first kappa shape index (κ1) is 14.5. The Morgan fingerprint density at radius 3 is 3.09 bits per heavy atom. The lowest BCUT2D eigenvalue weighted by molar-refractivity contribution is 0.0916. The number of amides is 1. The number of fused-ring (bicyclic) bond motifs is 1. The zero-order valence-corrected chi connectivity index (χ0v) is 13.3. The van der Waals surface area contributed by atoms with Gasteiger partial charge in [0.15, 0.2) is 0 Å². The van der Waals surface area contributed by atoms with Crippen LogP contribution in [0, 0.1) is 11.3 Å². The van der Waals surface area contributed by atoms with Crippen LogP contribution in [0.3, 0.4) is 0 Å². The van der Waals surface area contributed by atoms with E-state index in [1.807, 2.05) is 6.07 Å². The van der Waals surface area contributed by atoms with Gasteiger partial charge in [-0.3, -0.25) is 4.79 Å². The number of nitrogens with zero attached hydrogens (tertiary/aromatic N) is 4. The fraction of sp³-hybridized carbons (Fsp3) is 0.467. The second-order valence-electron chi connectivity index (χ2n) is 6.06. The zero-order chi connectivity index (χ0) is 15.7. The summed E-state index contributed by atoms with van der Waals surface area (Å²) in [6, 6.07) is 1.81. The quantitative estimate of drug-likeness (QED) is 0.893. The van der Waals surface area contributed by atoms with Gasteiger partial charge in [-0.2, -0.15) is 0 Å². The van der Waals surface area contributed by atoms with Crippen LogP contribution in [-0.2, 0) is 4.74 Å².